The van der Waals surface area contributed by atoms with E-state index >= 15 is 0 Å². The molecule has 0 bridgehead atoms. The molecule has 0 saturated carbocycles. The van der Waals surface area contributed by atoms with E-state index in [4.69, 9.17) is 0 Å². The summed E-state index contributed by atoms with van der Waals surface area (Å²) in [6, 6.07) is 17.0. The fourth-order valence-corrected chi connectivity index (χ4v) is 3.08. The third-order valence-corrected chi connectivity index (χ3v) is 4.49. The third kappa shape index (κ3) is 6.32. The molecular formula is C12H10Cl2Mg2O2Si. The summed E-state index contributed by atoms with van der Waals surface area (Å²) in [4.78, 5) is 24.2. The standard InChI is InChI=1S/C12H10O2Si.2ClH.2Mg/c13-15(14,11-7-3-1-4-8-11)12-9-5-2-6-10-12;;;;/h1-10H;2*1H;;/q-2;;;2*+2/p-2. The first-order chi connectivity index (χ1) is 7.21. The van der Waals surface area contributed by atoms with Gasteiger partial charge in [-0.05, 0) is 0 Å². The van der Waals surface area contributed by atoms with Crippen LogP contribution >= 0.6 is 0 Å². The maximum absolute atomic E-state index is 12.1. The SMILES string of the molecule is [Cl-].[Cl-].[Mg+2].[Mg+2].[O-][Si]([O-])(c1ccccc1)c1ccccc1. The van der Waals surface area contributed by atoms with Crippen molar-refractivity contribution in [3.8, 4) is 0 Å². The van der Waals surface area contributed by atoms with Gasteiger partial charge in [0.25, 0.3) is 0 Å². The molecule has 19 heavy (non-hydrogen) atoms. The molecule has 0 fully saturated rings. The molecule has 2 aromatic rings. The molecule has 0 spiro atoms. The normalized spacial score (nSPS) is 8.95. The van der Waals surface area contributed by atoms with Crippen molar-refractivity contribution in [2.75, 3.05) is 0 Å². The van der Waals surface area contributed by atoms with Crippen LogP contribution in [0.15, 0.2) is 60.7 Å². The summed E-state index contributed by atoms with van der Waals surface area (Å²) in [6.45, 7) is 0. The Morgan fingerprint density at radius 1 is 0.579 bits per heavy atom. The van der Waals surface area contributed by atoms with E-state index in [0.29, 0.717) is 10.4 Å². The van der Waals surface area contributed by atoms with Crippen LogP contribution < -0.4 is 44.8 Å². The van der Waals surface area contributed by atoms with Crippen LogP contribution in [0.2, 0.25) is 0 Å². The minimum atomic E-state index is -3.96. The molecule has 0 aromatic heterocycles. The first kappa shape index (κ1) is 24.7. The van der Waals surface area contributed by atoms with E-state index < -0.39 is 8.56 Å². The summed E-state index contributed by atoms with van der Waals surface area (Å²) < 4.78 is 0. The zero-order valence-corrected chi connectivity index (χ0v) is 15.6. The van der Waals surface area contributed by atoms with Gasteiger partial charge in [0.2, 0.25) is 0 Å². The Balaban J connectivity index is -0.000000640. The Morgan fingerprint density at radius 2 is 0.842 bits per heavy atom. The monoisotopic (exact) mass is 332 g/mol. The molecule has 92 valence electrons. The van der Waals surface area contributed by atoms with Gasteiger partial charge in [-0.3, -0.25) is 0 Å². The Morgan fingerprint density at radius 3 is 1.11 bits per heavy atom. The Labute approximate surface area is 159 Å². The van der Waals surface area contributed by atoms with Crippen LogP contribution in [0.5, 0.6) is 0 Å². The van der Waals surface area contributed by atoms with E-state index in [1.807, 2.05) is 0 Å². The molecule has 0 aliphatic heterocycles. The maximum Gasteiger partial charge on any atom is 2.00 e. The molecule has 0 aliphatic carbocycles. The first-order valence-corrected chi connectivity index (χ1v) is 6.55. The van der Waals surface area contributed by atoms with Crippen LogP contribution in [0.1, 0.15) is 0 Å². The number of halogens is 2. The maximum atomic E-state index is 12.1. The van der Waals surface area contributed by atoms with Crippen LogP contribution in [0, 0.1) is 0 Å². The van der Waals surface area contributed by atoms with E-state index in [-0.39, 0.29) is 70.9 Å². The average molecular weight is 334 g/mol. The Bertz CT molecular complexity index is 402. The van der Waals surface area contributed by atoms with E-state index in [9.17, 15) is 9.59 Å². The average Bonchev–Trinajstić information content (AvgIpc) is 2.31. The van der Waals surface area contributed by atoms with Crippen molar-refractivity contribution in [2.24, 2.45) is 0 Å². The van der Waals surface area contributed by atoms with Crippen molar-refractivity contribution in [1.82, 2.24) is 0 Å². The minimum absolute atomic E-state index is 0. The van der Waals surface area contributed by atoms with Gasteiger partial charge in [0.05, 0.1) is 0 Å². The van der Waals surface area contributed by atoms with E-state index in [2.05, 4.69) is 0 Å². The third-order valence-electron chi connectivity index (χ3n) is 2.31. The molecule has 7 heteroatoms. The summed E-state index contributed by atoms with van der Waals surface area (Å²) in [7, 11) is -3.96. The quantitative estimate of drug-likeness (QED) is 0.513. The molecule has 0 radical (unpaired) electrons. The molecule has 0 heterocycles. The van der Waals surface area contributed by atoms with E-state index in [1.165, 1.54) is 0 Å². The van der Waals surface area contributed by atoms with Crippen LogP contribution in [0.25, 0.3) is 0 Å². The van der Waals surface area contributed by atoms with Crippen molar-refractivity contribution in [1.29, 1.82) is 0 Å². The van der Waals surface area contributed by atoms with Gasteiger partial charge in [-0.15, -0.1) is 0 Å². The molecule has 2 nitrogen and oxygen atoms in total. The van der Waals surface area contributed by atoms with Gasteiger partial charge in [-0.1, -0.05) is 79.6 Å². The second-order valence-electron chi connectivity index (χ2n) is 3.35. The molecule has 2 rings (SSSR count). The number of hydrogen-bond acceptors (Lipinski definition) is 2. The van der Waals surface area contributed by atoms with Gasteiger partial charge >= 0.3 is 46.1 Å². The molecule has 0 amide bonds. The fourth-order valence-electron chi connectivity index (χ4n) is 1.48. The van der Waals surface area contributed by atoms with Crippen LogP contribution in [-0.2, 0) is 0 Å². The Hall–Kier alpha value is 0.689. The Kier molecular flexibility index (Phi) is 14.8. The predicted molar refractivity (Wildman–Crippen MR) is 69.4 cm³/mol. The van der Waals surface area contributed by atoms with Gasteiger partial charge in [-0.25, -0.2) is 0 Å². The number of rotatable bonds is 2. The van der Waals surface area contributed by atoms with Crippen molar-refractivity contribution < 1.29 is 34.4 Å². The molecule has 0 atom stereocenters. The summed E-state index contributed by atoms with van der Waals surface area (Å²) in [6.07, 6.45) is 0. The molecule has 2 aromatic carbocycles. The number of benzene rings is 2. The van der Waals surface area contributed by atoms with Gasteiger partial charge in [0.1, 0.15) is 0 Å². The van der Waals surface area contributed by atoms with Gasteiger partial charge in [0, 0.05) is 0 Å². The second kappa shape index (κ2) is 11.4. The van der Waals surface area contributed by atoms with Crippen molar-refractivity contribution >= 4 is 65.0 Å². The van der Waals surface area contributed by atoms with Crippen molar-refractivity contribution in [3.63, 3.8) is 0 Å². The van der Waals surface area contributed by atoms with Gasteiger partial charge < -0.3 is 34.4 Å². The molecule has 0 unspecified atom stereocenters. The summed E-state index contributed by atoms with van der Waals surface area (Å²) >= 11 is 0. The second-order valence-corrected chi connectivity index (χ2v) is 5.74. The van der Waals surface area contributed by atoms with Crippen LogP contribution in [-0.4, -0.2) is 54.7 Å². The van der Waals surface area contributed by atoms with Crippen molar-refractivity contribution in [3.05, 3.63) is 60.7 Å². The van der Waals surface area contributed by atoms with Crippen molar-refractivity contribution in [2.45, 2.75) is 0 Å². The zero-order chi connectivity index (χ0) is 10.7. The smallest absolute Gasteiger partial charge is 1.00 e. The first-order valence-electron chi connectivity index (χ1n) is 4.73. The minimum Gasteiger partial charge on any atom is -1.00 e. The summed E-state index contributed by atoms with van der Waals surface area (Å²) in [5, 5.41) is 0.771. The zero-order valence-electron chi connectivity index (χ0n) is 10.3. The van der Waals surface area contributed by atoms with E-state index in [0.717, 1.165) is 0 Å². The largest absolute Gasteiger partial charge is 2.00 e. The molecule has 0 saturated heterocycles. The summed E-state index contributed by atoms with van der Waals surface area (Å²) in [5.74, 6) is 0. The van der Waals surface area contributed by atoms with Gasteiger partial charge in [-0.2, -0.15) is 0 Å². The van der Waals surface area contributed by atoms with Gasteiger partial charge in [0.15, 0.2) is 0 Å². The topological polar surface area (TPSA) is 46.1 Å². The molecule has 0 aliphatic rings. The summed E-state index contributed by atoms with van der Waals surface area (Å²) in [5.41, 5.74) is 0. The predicted octanol–water partition coefficient (Wildman–Crippen LogP) is -7.79. The van der Waals surface area contributed by atoms with Crippen LogP contribution in [0.3, 0.4) is 0 Å². The van der Waals surface area contributed by atoms with Crippen LogP contribution in [0.4, 0.5) is 0 Å². The number of hydrogen-bond donors (Lipinski definition) is 0. The fraction of sp³-hybridized carbons (Fsp3) is 0. The molecular weight excluding hydrogens is 324 g/mol. The molecule has 0 N–H and O–H groups in total. The van der Waals surface area contributed by atoms with E-state index in [1.54, 1.807) is 60.7 Å².